The van der Waals surface area contributed by atoms with E-state index in [1.165, 1.54) is 12.1 Å². The van der Waals surface area contributed by atoms with Crippen molar-refractivity contribution in [2.24, 2.45) is 0 Å². The first-order valence-electron chi connectivity index (χ1n) is 10.1. The third-order valence-electron chi connectivity index (χ3n) is 5.56. The standard InChI is InChI=1S/C25H18F3N5/c1-15-20(12-29)23(21(13-30)16(2)31-15)22-14-33(19-6-4-3-5-7-19)32-24(22)17-8-10-18(11-9-17)25(26,27)28/h3-11,14,23,31H,1-2H3. The molecule has 1 aliphatic heterocycles. The lowest BCUT2D eigenvalue weighted by atomic mass is 9.81. The smallest absolute Gasteiger partial charge is 0.361 e. The Morgan fingerprint density at radius 3 is 2.00 bits per heavy atom. The molecule has 33 heavy (non-hydrogen) atoms. The molecule has 4 rings (SSSR count). The van der Waals surface area contributed by atoms with Crippen molar-refractivity contribution in [2.75, 3.05) is 0 Å². The summed E-state index contributed by atoms with van der Waals surface area (Å²) in [5, 5.41) is 27.5. The first-order chi connectivity index (χ1) is 15.7. The quantitative estimate of drug-likeness (QED) is 0.549. The second kappa shape index (κ2) is 8.33. The molecule has 0 radical (unpaired) electrons. The Balaban J connectivity index is 1.96. The van der Waals surface area contributed by atoms with Crippen LogP contribution < -0.4 is 5.32 Å². The number of halogens is 3. The van der Waals surface area contributed by atoms with E-state index in [4.69, 9.17) is 0 Å². The fourth-order valence-electron chi connectivity index (χ4n) is 3.95. The van der Waals surface area contributed by atoms with Crippen LogP contribution in [-0.2, 0) is 6.18 Å². The maximum Gasteiger partial charge on any atom is 0.416 e. The maximum atomic E-state index is 13.1. The number of nitrogens with zero attached hydrogens (tertiary/aromatic N) is 4. The maximum absolute atomic E-state index is 13.1. The highest BCUT2D eigenvalue weighted by atomic mass is 19.4. The molecule has 0 amide bonds. The van der Waals surface area contributed by atoms with Crippen LogP contribution in [0.4, 0.5) is 13.2 Å². The number of benzene rings is 2. The normalized spacial score (nSPS) is 14.6. The van der Waals surface area contributed by atoms with Crippen molar-refractivity contribution in [2.45, 2.75) is 25.9 Å². The molecule has 0 unspecified atom stereocenters. The number of rotatable bonds is 3. The number of dihydropyridines is 1. The van der Waals surface area contributed by atoms with E-state index in [0.717, 1.165) is 17.8 Å². The summed E-state index contributed by atoms with van der Waals surface area (Å²) >= 11 is 0. The Morgan fingerprint density at radius 1 is 0.909 bits per heavy atom. The van der Waals surface area contributed by atoms with Crippen molar-refractivity contribution in [3.8, 4) is 29.1 Å². The highest BCUT2D eigenvalue weighted by Gasteiger charge is 2.34. The van der Waals surface area contributed by atoms with Gasteiger partial charge in [0.2, 0.25) is 0 Å². The third kappa shape index (κ3) is 3.99. The van der Waals surface area contributed by atoms with Gasteiger partial charge < -0.3 is 5.32 Å². The zero-order chi connectivity index (χ0) is 23.8. The van der Waals surface area contributed by atoms with Gasteiger partial charge in [-0.1, -0.05) is 30.3 Å². The van der Waals surface area contributed by atoms with Crippen LogP contribution in [0.15, 0.2) is 83.3 Å². The van der Waals surface area contributed by atoms with Crippen LogP contribution in [0.2, 0.25) is 0 Å². The number of para-hydroxylation sites is 1. The van der Waals surface area contributed by atoms with Gasteiger partial charge >= 0.3 is 6.18 Å². The number of alkyl halides is 3. The van der Waals surface area contributed by atoms with E-state index < -0.39 is 17.7 Å². The number of allylic oxidation sites excluding steroid dienone is 4. The van der Waals surface area contributed by atoms with Crippen molar-refractivity contribution in [3.63, 3.8) is 0 Å². The van der Waals surface area contributed by atoms with Gasteiger partial charge in [-0.2, -0.15) is 28.8 Å². The predicted molar refractivity (Wildman–Crippen MR) is 117 cm³/mol. The average molecular weight is 445 g/mol. The Kier molecular flexibility index (Phi) is 5.53. The minimum absolute atomic E-state index is 0.359. The summed E-state index contributed by atoms with van der Waals surface area (Å²) in [6.07, 6.45) is -2.73. The highest BCUT2D eigenvalue weighted by Crippen LogP contribution is 2.42. The monoisotopic (exact) mass is 445 g/mol. The third-order valence-corrected chi connectivity index (χ3v) is 5.56. The van der Waals surface area contributed by atoms with E-state index >= 15 is 0 Å². The van der Waals surface area contributed by atoms with Crippen molar-refractivity contribution < 1.29 is 13.2 Å². The van der Waals surface area contributed by atoms with Gasteiger partial charge in [0.15, 0.2) is 0 Å². The van der Waals surface area contributed by atoms with Crippen LogP contribution in [-0.4, -0.2) is 9.78 Å². The van der Waals surface area contributed by atoms with Gasteiger partial charge in [-0.25, -0.2) is 4.68 Å². The first-order valence-corrected chi connectivity index (χ1v) is 10.1. The van der Waals surface area contributed by atoms with E-state index in [2.05, 4.69) is 22.6 Å². The minimum Gasteiger partial charge on any atom is -0.361 e. The van der Waals surface area contributed by atoms with Crippen LogP contribution >= 0.6 is 0 Å². The van der Waals surface area contributed by atoms with Gasteiger partial charge in [-0.3, -0.25) is 0 Å². The SMILES string of the molecule is CC1=C(C#N)C(c2cn(-c3ccccc3)nc2-c2ccc(C(F)(F)F)cc2)C(C#N)=C(C)N1. The molecule has 0 spiro atoms. The second-order valence-corrected chi connectivity index (χ2v) is 7.65. The molecule has 1 aromatic heterocycles. The summed E-state index contributed by atoms with van der Waals surface area (Å²) in [6.45, 7) is 3.51. The predicted octanol–water partition coefficient (Wildman–Crippen LogP) is 5.84. The van der Waals surface area contributed by atoms with Gasteiger partial charge in [-0.05, 0) is 38.1 Å². The van der Waals surface area contributed by atoms with Crippen molar-refractivity contribution in [3.05, 3.63) is 94.5 Å². The molecule has 2 aromatic carbocycles. The summed E-state index contributed by atoms with van der Waals surface area (Å²) in [5.41, 5.74) is 3.34. The van der Waals surface area contributed by atoms with E-state index in [-0.39, 0.29) is 0 Å². The van der Waals surface area contributed by atoms with Gasteiger partial charge in [0.05, 0.1) is 46.1 Å². The highest BCUT2D eigenvalue weighted by molar-refractivity contribution is 5.69. The summed E-state index contributed by atoms with van der Waals surface area (Å²) < 4.78 is 40.9. The number of nitriles is 2. The molecule has 2 heterocycles. The summed E-state index contributed by atoms with van der Waals surface area (Å²) in [6, 6.07) is 18.3. The number of aromatic nitrogens is 2. The fourth-order valence-corrected chi connectivity index (χ4v) is 3.95. The number of hydrogen-bond donors (Lipinski definition) is 1. The summed E-state index contributed by atoms with van der Waals surface area (Å²) in [5.74, 6) is -0.698. The molecule has 0 saturated heterocycles. The van der Waals surface area contributed by atoms with E-state index in [1.807, 2.05) is 30.3 Å². The lowest BCUT2D eigenvalue weighted by Gasteiger charge is -2.26. The zero-order valence-electron chi connectivity index (χ0n) is 17.8. The molecule has 0 aliphatic carbocycles. The fraction of sp³-hybridized carbons (Fsp3) is 0.160. The van der Waals surface area contributed by atoms with E-state index in [1.54, 1.807) is 24.7 Å². The molecule has 0 atom stereocenters. The Bertz CT molecular complexity index is 1310. The van der Waals surface area contributed by atoms with Crippen molar-refractivity contribution in [1.82, 2.24) is 15.1 Å². The van der Waals surface area contributed by atoms with Gasteiger partial charge in [0.25, 0.3) is 0 Å². The second-order valence-electron chi connectivity index (χ2n) is 7.65. The van der Waals surface area contributed by atoms with Crippen molar-refractivity contribution >= 4 is 0 Å². The lowest BCUT2D eigenvalue weighted by molar-refractivity contribution is -0.137. The first kappa shape index (κ1) is 21.9. The molecule has 164 valence electrons. The van der Waals surface area contributed by atoms with Gasteiger partial charge in [0, 0.05) is 28.7 Å². The summed E-state index contributed by atoms with van der Waals surface area (Å²) in [4.78, 5) is 0. The molecular formula is C25H18F3N5. The average Bonchev–Trinajstić information content (AvgIpc) is 3.24. The molecule has 0 saturated carbocycles. The number of hydrogen-bond acceptors (Lipinski definition) is 4. The van der Waals surface area contributed by atoms with Crippen LogP contribution in [0.5, 0.6) is 0 Å². The molecule has 5 nitrogen and oxygen atoms in total. The molecule has 8 heteroatoms. The molecular weight excluding hydrogens is 427 g/mol. The Hall–Kier alpha value is -4.30. The van der Waals surface area contributed by atoms with E-state index in [9.17, 15) is 23.7 Å². The number of nitrogens with one attached hydrogen (secondary N) is 1. The molecule has 1 N–H and O–H groups in total. The molecule has 1 aliphatic rings. The minimum atomic E-state index is -4.46. The Labute approximate surface area is 188 Å². The zero-order valence-corrected chi connectivity index (χ0v) is 17.8. The molecule has 0 bridgehead atoms. The van der Waals surface area contributed by atoms with Crippen LogP contribution in [0.25, 0.3) is 16.9 Å². The molecule has 0 fully saturated rings. The largest absolute Gasteiger partial charge is 0.416 e. The van der Waals surface area contributed by atoms with Crippen molar-refractivity contribution in [1.29, 1.82) is 10.5 Å². The van der Waals surface area contributed by atoms with Crippen LogP contribution in [0.1, 0.15) is 30.9 Å². The Morgan fingerprint density at radius 2 is 1.48 bits per heavy atom. The van der Waals surface area contributed by atoms with Gasteiger partial charge in [0.1, 0.15) is 0 Å². The summed E-state index contributed by atoms with van der Waals surface area (Å²) in [7, 11) is 0. The van der Waals surface area contributed by atoms with Gasteiger partial charge in [-0.15, -0.1) is 0 Å². The van der Waals surface area contributed by atoms with E-state index in [0.29, 0.717) is 39.4 Å². The molecule has 3 aromatic rings. The van der Waals surface area contributed by atoms with Crippen LogP contribution in [0, 0.1) is 22.7 Å². The lowest BCUT2D eigenvalue weighted by Crippen LogP contribution is -2.23. The topological polar surface area (TPSA) is 77.4 Å². The van der Waals surface area contributed by atoms with Crippen LogP contribution in [0.3, 0.4) is 0 Å².